The van der Waals surface area contributed by atoms with E-state index in [0.717, 1.165) is 0 Å². The monoisotopic (exact) mass is 205 g/mol. The molecule has 0 unspecified atom stereocenters. The number of carboxylic acid groups (broad SMARTS) is 1. The minimum absolute atomic E-state index is 0.290. The Kier molecular flexibility index (Phi) is 2.28. The van der Waals surface area contributed by atoms with E-state index in [2.05, 4.69) is 4.98 Å². The lowest BCUT2D eigenvalue weighted by atomic mass is 10.1. The van der Waals surface area contributed by atoms with E-state index in [4.69, 9.17) is 5.11 Å². The van der Waals surface area contributed by atoms with E-state index in [1.807, 2.05) is 5.38 Å². The number of nitrogens with zero attached hydrogens (tertiary/aromatic N) is 1. The number of hydrogen-bond donors (Lipinski definition) is 1. The van der Waals surface area contributed by atoms with E-state index in [0.29, 0.717) is 16.8 Å². The van der Waals surface area contributed by atoms with Crippen LogP contribution >= 0.6 is 11.3 Å². The first-order valence-corrected chi connectivity index (χ1v) is 4.94. The van der Waals surface area contributed by atoms with E-state index in [9.17, 15) is 4.79 Å². The van der Waals surface area contributed by atoms with Gasteiger partial charge in [-0.15, -0.1) is 11.3 Å². The second-order valence-electron chi connectivity index (χ2n) is 2.72. The van der Waals surface area contributed by atoms with Crippen molar-refractivity contribution in [2.45, 2.75) is 0 Å². The fourth-order valence-electron chi connectivity index (χ4n) is 1.24. The summed E-state index contributed by atoms with van der Waals surface area (Å²) in [6.45, 7) is 0. The van der Waals surface area contributed by atoms with Crippen LogP contribution in [0.15, 0.2) is 35.2 Å². The molecule has 2 aromatic rings. The predicted octanol–water partition coefficient (Wildman–Crippen LogP) is 2.51. The molecule has 1 aromatic heterocycles. The Morgan fingerprint density at radius 3 is 2.79 bits per heavy atom. The first kappa shape index (κ1) is 8.90. The maximum Gasteiger partial charge on any atom is 0.336 e. The first-order valence-electron chi connectivity index (χ1n) is 4.00. The fourth-order valence-corrected chi connectivity index (χ4v) is 1.79. The Balaban J connectivity index is 2.58. The summed E-state index contributed by atoms with van der Waals surface area (Å²) in [5.41, 5.74) is 3.36. The Hall–Kier alpha value is -1.68. The second kappa shape index (κ2) is 3.59. The van der Waals surface area contributed by atoms with Gasteiger partial charge in [0.25, 0.3) is 0 Å². The van der Waals surface area contributed by atoms with Gasteiger partial charge in [0.2, 0.25) is 0 Å². The Labute approximate surface area is 84.7 Å². The van der Waals surface area contributed by atoms with Crippen molar-refractivity contribution in [2.24, 2.45) is 0 Å². The van der Waals surface area contributed by atoms with Gasteiger partial charge in [-0.25, -0.2) is 9.78 Å². The van der Waals surface area contributed by atoms with Crippen molar-refractivity contribution in [3.8, 4) is 11.3 Å². The van der Waals surface area contributed by atoms with Crippen LogP contribution in [0.25, 0.3) is 11.3 Å². The molecule has 0 radical (unpaired) electrons. The summed E-state index contributed by atoms with van der Waals surface area (Å²) in [5, 5.41) is 10.8. The topological polar surface area (TPSA) is 50.2 Å². The van der Waals surface area contributed by atoms with E-state index in [1.165, 1.54) is 11.3 Å². The van der Waals surface area contributed by atoms with Crippen LogP contribution in [-0.4, -0.2) is 16.1 Å². The average molecular weight is 205 g/mol. The number of aromatic nitrogens is 1. The summed E-state index contributed by atoms with van der Waals surface area (Å²) in [6, 6.07) is 6.86. The molecule has 0 aliphatic carbocycles. The molecule has 0 atom stereocenters. The Morgan fingerprint density at radius 1 is 1.36 bits per heavy atom. The number of rotatable bonds is 2. The summed E-state index contributed by atoms with van der Waals surface area (Å²) in [4.78, 5) is 15.0. The molecule has 0 fully saturated rings. The fraction of sp³-hybridized carbons (Fsp3) is 0. The molecule has 4 heteroatoms. The summed E-state index contributed by atoms with van der Waals surface area (Å²) in [5.74, 6) is -0.923. The van der Waals surface area contributed by atoms with E-state index >= 15 is 0 Å². The van der Waals surface area contributed by atoms with Crippen LogP contribution in [0.3, 0.4) is 0 Å². The van der Waals surface area contributed by atoms with Crippen LogP contribution < -0.4 is 0 Å². The molecular weight excluding hydrogens is 198 g/mol. The highest BCUT2D eigenvalue weighted by molar-refractivity contribution is 7.07. The quantitative estimate of drug-likeness (QED) is 0.819. The highest BCUT2D eigenvalue weighted by Gasteiger charge is 2.11. The van der Waals surface area contributed by atoms with Crippen LogP contribution in [0.2, 0.25) is 0 Å². The smallest absolute Gasteiger partial charge is 0.336 e. The lowest BCUT2D eigenvalue weighted by Crippen LogP contribution is -1.98. The zero-order chi connectivity index (χ0) is 9.97. The standard InChI is InChI=1S/C10H7NO2S/c12-10(13)8-4-2-1-3-7(8)9-5-14-6-11-9/h1-6H,(H,12,13). The molecule has 14 heavy (non-hydrogen) atoms. The summed E-state index contributed by atoms with van der Waals surface area (Å²) in [6.07, 6.45) is 0. The molecule has 1 N–H and O–H groups in total. The van der Waals surface area contributed by atoms with Gasteiger partial charge in [-0.2, -0.15) is 0 Å². The lowest BCUT2D eigenvalue weighted by Gasteiger charge is -2.01. The Bertz CT molecular complexity index is 451. The van der Waals surface area contributed by atoms with Crippen LogP contribution in [0.5, 0.6) is 0 Å². The van der Waals surface area contributed by atoms with Crippen LogP contribution in [0.1, 0.15) is 10.4 Å². The van der Waals surface area contributed by atoms with E-state index in [1.54, 1.807) is 29.8 Å². The van der Waals surface area contributed by atoms with Gasteiger partial charge >= 0.3 is 5.97 Å². The van der Waals surface area contributed by atoms with E-state index < -0.39 is 5.97 Å². The molecule has 0 spiro atoms. The van der Waals surface area contributed by atoms with Crippen LogP contribution in [-0.2, 0) is 0 Å². The highest BCUT2D eigenvalue weighted by atomic mass is 32.1. The van der Waals surface area contributed by atoms with Gasteiger partial charge in [-0.3, -0.25) is 0 Å². The maximum absolute atomic E-state index is 10.9. The first-order chi connectivity index (χ1) is 6.79. The lowest BCUT2D eigenvalue weighted by molar-refractivity contribution is 0.0697. The summed E-state index contributed by atoms with van der Waals surface area (Å²) >= 11 is 1.45. The molecule has 0 aliphatic rings. The number of carbonyl (C=O) groups is 1. The third-order valence-electron chi connectivity index (χ3n) is 1.87. The highest BCUT2D eigenvalue weighted by Crippen LogP contribution is 2.22. The zero-order valence-corrected chi connectivity index (χ0v) is 7.99. The number of aromatic carboxylic acids is 1. The summed E-state index contributed by atoms with van der Waals surface area (Å²) in [7, 11) is 0. The predicted molar refractivity (Wildman–Crippen MR) is 54.5 cm³/mol. The minimum Gasteiger partial charge on any atom is -0.478 e. The molecule has 3 nitrogen and oxygen atoms in total. The molecule has 2 rings (SSSR count). The number of hydrogen-bond acceptors (Lipinski definition) is 3. The molecule has 0 bridgehead atoms. The summed E-state index contributed by atoms with van der Waals surface area (Å²) < 4.78 is 0. The third-order valence-corrected chi connectivity index (χ3v) is 2.45. The van der Waals surface area contributed by atoms with Crippen molar-refractivity contribution in [3.63, 3.8) is 0 Å². The second-order valence-corrected chi connectivity index (χ2v) is 3.44. The van der Waals surface area contributed by atoms with E-state index in [-0.39, 0.29) is 0 Å². The molecular formula is C10H7NO2S. The van der Waals surface area contributed by atoms with Gasteiger partial charge < -0.3 is 5.11 Å². The SMILES string of the molecule is O=C(O)c1ccccc1-c1cscn1. The minimum atomic E-state index is -0.923. The van der Waals surface area contributed by atoms with Crippen molar-refractivity contribution in [3.05, 3.63) is 40.7 Å². The van der Waals surface area contributed by atoms with Gasteiger partial charge in [0.05, 0.1) is 16.8 Å². The molecule has 0 aliphatic heterocycles. The van der Waals surface area contributed by atoms with Gasteiger partial charge in [-0.05, 0) is 6.07 Å². The number of thiazole rings is 1. The van der Waals surface area contributed by atoms with Crippen molar-refractivity contribution >= 4 is 17.3 Å². The molecule has 0 saturated heterocycles. The molecule has 1 aromatic carbocycles. The van der Waals surface area contributed by atoms with Crippen LogP contribution in [0, 0.1) is 0 Å². The van der Waals surface area contributed by atoms with Crippen molar-refractivity contribution in [1.82, 2.24) is 4.98 Å². The third kappa shape index (κ3) is 1.52. The van der Waals surface area contributed by atoms with Crippen molar-refractivity contribution in [1.29, 1.82) is 0 Å². The van der Waals surface area contributed by atoms with Crippen molar-refractivity contribution < 1.29 is 9.90 Å². The number of carboxylic acids is 1. The number of benzene rings is 1. The largest absolute Gasteiger partial charge is 0.478 e. The van der Waals surface area contributed by atoms with Gasteiger partial charge in [0.1, 0.15) is 0 Å². The van der Waals surface area contributed by atoms with Gasteiger partial charge in [0, 0.05) is 10.9 Å². The van der Waals surface area contributed by atoms with Crippen LogP contribution in [0.4, 0.5) is 0 Å². The normalized spacial score (nSPS) is 10.0. The molecule has 0 saturated carbocycles. The zero-order valence-electron chi connectivity index (χ0n) is 7.18. The van der Waals surface area contributed by atoms with Crippen molar-refractivity contribution in [2.75, 3.05) is 0 Å². The molecule has 70 valence electrons. The molecule has 0 amide bonds. The van der Waals surface area contributed by atoms with Gasteiger partial charge in [0.15, 0.2) is 0 Å². The Morgan fingerprint density at radius 2 is 2.14 bits per heavy atom. The maximum atomic E-state index is 10.9. The average Bonchev–Trinajstić information content (AvgIpc) is 2.70. The molecule has 1 heterocycles. The van der Waals surface area contributed by atoms with Gasteiger partial charge in [-0.1, -0.05) is 18.2 Å².